The summed E-state index contributed by atoms with van der Waals surface area (Å²) < 4.78 is 65.1. The second-order valence-corrected chi connectivity index (χ2v) is 9.88. The molecular formula is C21H23ClF3N3O3S. The van der Waals surface area contributed by atoms with E-state index in [0.29, 0.717) is 31.5 Å². The van der Waals surface area contributed by atoms with E-state index in [0.717, 1.165) is 18.4 Å². The number of halogens is 4. The Balaban J connectivity index is 1.81. The van der Waals surface area contributed by atoms with Gasteiger partial charge in [-0.1, -0.05) is 41.9 Å². The van der Waals surface area contributed by atoms with Crippen LogP contribution in [0.25, 0.3) is 0 Å². The van der Waals surface area contributed by atoms with Gasteiger partial charge in [0.05, 0.1) is 16.8 Å². The van der Waals surface area contributed by atoms with E-state index in [-0.39, 0.29) is 11.7 Å². The van der Waals surface area contributed by atoms with E-state index < -0.39 is 38.7 Å². The minimum absolute atomic E-state index is 0.0127. The van der Waals surface area contributed by atoms with Gasteiger partial charge in [0.1, 0.15) is 6.04 Å². The van der Waals surface area contributed by atoms with Gasteiger partial charge in [0.15, 0.2) is 0 Å². The average Bonchev–Trinajstić information content (AvgIpc) is 2.70. The number of anilines is 1. The van der Waals surface area contributed by atoms with Gasteiger partial charge in [0, 0.05) is 24.8 Å². The summed E-state index contributed by atoms with van der Waals surface area (Å²) in [6, 6.07) is 11.1. The number of rotatable bonds is 6. The number of carbonyl (C=O) groups excluding carboxylic acids is 1. The van der Waals surface area contributed by atoms with Gasteiger partial charge in [0.25, 0.3) is 0 Å². The number of carbonyl (C=O) groups is 1. The van der Waals surface area contributed by atoms with Crippen molar-refractivity contribution in [3.05, 3.63) is 64.7 Å². The van der Waals surface area contributed by atoms with E-state index in [4.69, 9.17) is 11.6 Å². The number of benzene rings is 2. The Morgan fingerprint density at radius 3 is 2.31 bits per heavy atom. The van der Waals surface area contributed by atoms with E-state index in [1.807, 2.05) is 4.90 Å². The first-order chi connectivity index (χ1) is 14.9. The van der Waals surface area contributed by atoms with Crippen LogP contribution >= 0.6 is 11.6 Å². The topological polar surface area (TPSA) is 78.5 Å². The average molecular weight is 490 g/mol. The number of alkyl halides is 3. The lowest BCUT2D eigenvalue weighted by Gasteiger charge is -2.37. The molecule has 1 amide bonds. The Morgan fingerprint density at radius 1 is 1.12 bits per heavy atom. The van der Waals surface area contributed by atoms with Crippen LogP contribution in [0, 0.1) is 0 Å². The fraction of sp³-hybridized carbons (Fsp3) is 0.381. The first-order valence-electron chi connectivity index (χ1n) is 9.88. The van der Waals surface area contributed by atoms with Crippen molar-refractivity contribution in [2.45, 2.75) is 31.1 Å². The fourth-order valence-electron chi connectivity index (χ4n) is 3.77. The molecule has 0 aromatic heterocycles. The molecule has 0 saturated carbocycles. The molecule has 2 N–H and O–H groups in total. The van der Waals surface area contributed by atoms with Crippen molar-refractivity contribution in [2.24, 2.45) is 0 Å². The number of likely N-dealkylation sites (tertiary alicyclic amines) is 1. The molecule has 1 unspecified atom stereocenters. The number of sulfonamides is 1. The number of amides is 1. The molecule has 1 aliphatic rings. The molecule has 6 nitrogen and oxygen atoms in total. The van der Waals surface area contributed by atoms with Crippen LogP contribution in [0.5, 0.6) is 0 Å². The van der Waals surface area contributed by atoms with Gasteiger partial charge in [-0.05, 0) is 36.6 Å². The van der Waals surface area contributed by atoms with Crippen molar-refractivity contribution >= 4 is 33.2 Å². The van der Waals surface area contributed by atoms with Crippen LogP contribution in [0.15, 0.2) is 48.5 Å². The third kappa shape index (κ3) is 6.44. The normalized spacial score (nSPS) is 17.2. The molecule has 0 bridgehead atoms. The fourth-order valence-corrected chi connectivity index (χ4v) is 4.84. The van der Waals surface area contributed by atoms with Gasteiger partial charge in [-0.25, -0.2) is 13.1 Å². The summed E-state index contributed by atoms with van der Waals surface area (Å²) >= 11 is 5.67. The smallest absolute Gasteiger partial charge is 0.324 e. The van der Waals surface area contributed by atoms with Gasteiger partial charge in [-0.3, -0.25) is 9.69 Å². The van der Waals surface area contributed by atoms with E-state index in [2.05, 4.69) is 10.0 Å². The summed E-state index contributed by atoms with van der Waals surface area (Å²) in [5.74, 6) is -0.485. The first-order valence-corrected chi connectivity index (χ1v) is 12.1. The SMILES string of the molecule is CS(=O)(=O)NC1CCN(C(C(=O)Nc2ccc(Cl)c(C(F)(F)F)c2)c2ccccc2)CC1. The largest absolute Gasteiger partial charge is 0.417 e. The molecule has 2 aromatic carbocycles. The van der Waals surface area contributed by atoms with Crippen LogP contribution in [0.4, 0.5) is 18.9 Å². The lowest BCUT2D eigenvalue weighted by molar-refractivity contribution is -0.137. The number of piperidine rings is 1. The highest BCUT2D eigenvalue weighted by Gasteiger charge is 2.35. The van der Waals surface area contributed by atoms with Crippen molar-refractivity contribution in [3.8, 4) is 0 Å². The molecule has 11 heteroatoms. The van der Waals surface area contributed by atoms with Gasteiger partial charge in [-0.2, -0.15) is 13.2 Å². The highest BCUT2D eigenvalue weighted by Crippen LogP contribution is 2.36. The highest BCUT2D eigenvalue weighted by atomic mass is 35.5. The van der Waals surface area contributed by atoms with Crippen LogP contribution in [-0.4, -0.2) is 44.6 Å². The molecule has 3 rings (SSSR count). The van der Waals surface area contributed by atoms with E-state index >= 15 is 0 Å². The van der Waals surface area contributed by atoms with Crippen molar-refractivity contribution in [1.29, 1.82) is 0 Å². The third-order valence-electron chi connectivity index (χ3n) is 5.18. The van der Waals surface area contributed by atoms with Crippen molar-refractivity contribution in [2.75, 3.05) is 24.7 Å². The molecule has 1 aliphatic heterocycles. The molecule has 2 aromatic rings. The zero-order chi connectivity index (χ0) is 23.5. The van der Waals surface area contributed by atoms with Gasteiger partial charge in [-0.15, -0.1) is 0 Å². The molecular weight excluding hydrogens is 467 g/mol. The number of hydrogen-bond acceptors (Lipinski definition) is 4. The van der Waals surface area contributed by atoms with E-state index in [9.17, 15) is 26.4 Å². The van der Waals surface area contributed by atoms with Crippen molar-refractivity contribution in [1.82, 2.24) is 9.62 Å². The van der Waals surface area contributed by atoms with Crippen LogP contribution in [0.3, 0.4) is 0 Å². The maximum atomic E-state index is 13.2. The van der Waals surface area contributed by atoms with Gasteiger partial charge in [0.2, 0.25) is 15.9 Å². The molecule has 0 aliphatic carbocycles. The van der Waals surface area contributed by atoms with Crippen LogP contribution in [0.2, 0.25) is 5.02 Å². The Morgan fingerprint density at radius 2 is 1.75 bits per heavy atom. The quantitative estimate of drug-likeness (QED) is 0.641. The first kappa shape index (κ1) is 24.5. The molecule has 0 radical (unpaired) electrons. The van der Waals surface area contributed by atoms with Gasteiger partial charge < -0.3 is 5.32 Å². The summed E-state index contributed by atoms with van der Waals surface area (Å²) in [5, 5.41) is 2.13. The lowest BCUT2D eigenvalue weighted by Crippen LogP contribution is -2.47. The predicted octanol–water partition coefficient (Wildman–Crippen LogP) is 4.05. The van der Waals surface area contributed by atoms with E-state index in [1.54, 1.807) is 30.3 Å². The minimum atomic E-state index is -4.65. The zero-order valence-electron chi connectivity index (χ0n) is 17.2. The Kier molecular flexibility index (Phi) is 7.49. The number of nitrogens with one attached hydrogen (secondary N) is 2. The van der Waals surface area contributed by atoms with Gasteiger partial charge >= 0.3 is 6.18 Å². The molecule has 1 fully saturated rings. The second-order valence-electron chi connectivity index (χ2n) is 7.70. The summed E-state index contributed by atoms with van der Waals surface area (Å²) in [6.07, 6.45) is -2.54. The highest BCUT2D eigenvalue weighted by molar-refractivity contribution is 7.88. The third-order valence-corrected chi connectivity index (χ3v) is 6.27. The molecule has 1 heterocycles. The minimum Gasteiger partial charge on any atom is -0.324 e. The van der Waals surface area contributed by atoms with E-state index in [1.165, 1.54) is 6.07 Å². The molecule has 0 spiro atoms. The lowest BCUT2D eigenvalue weighted by atomic mass is 9.99. The molecule has 32 heavy (non-hydrogen) atoms. The maximum Gasteiger partial charge on any atom is 0.417 e. The van der Waals surface area contributed by atoms with Crippen molar-refractivity contribution in [3.63, 3.8) is 0 Å². The summed E-state index contributed by atoms with van der Waals surface area (Å²) in [7, 11) is -3.34. The Bertz CT molecular complexity index is 1060. The maximum absolute atomic E-state index is 13.2. The molecule has 1 saturated heterocycles. The summed E-state index contributed by atoms with van der Waals surface area (Å²) in [5.41, 5.74) is -0.355. The second kappa shape index (κ2) is 9.78. The standard InChI is InChI=1S/C21H23ClF3N3O3S/c1-32(30,31)27-15-9-11-28(12-10-15)19(14-5-3-2-4-6-14)20(29)26-16-7-8-18(22)17(13-16)21(23,24)25/h2-8,13,15,19,27H,9-12H2,1H3,(H,26,29). The van der Waals surface area contributed by atoms with Crippen LogP contribution in [-0.2, 0) is 21.0 Å². The summed E-state index contributed by atoms with van der Waals surface area (Å²) in [4.78, 5) is 15.1. The zero-order valence-corrected chi connectivity index (χ0v) is 18.8. The molecule has 174 valence electrons. The monoisotopic (exact) mass is 489 g/mol. The Hall–Kier alpha value is -2.14. The number of hydrogen-bond donors (Lipinski definition) is 2. The van der Waals surface area contributed by atoms with Crippen LogP contribution in [0.1, 0.15) is 30.0 Å². The summed E-state index contributed by atoms with van der Waals surface area (Å²) in [6.45, 7) is 0.878. The number of nitrogens with zero attached hydrogens (tertiary/aromatic N) is 1. The predicted molar refractivity (Wildman–Crippen MR) is 117 cm³/mol. The van der Waals surface area contributed by atoms with Crippen LogP contribution < -0.4 is 10.0 Å². The van der Waals surface area contributed by atoms with Crippen molar-refractivity contribution < 1.29 is 26.4 Å². The molecule has 1 atom stereocenters. The Labute approximate surface area is 189 Å².